The van der Waals surface area contributed by atoms with Gasteiger partial charge in [0.2, 0.25) is 11.8 Å². The second kappa shape index (κ2) is 14.3. The Morgan fingerprint density at radius 3 is 2.06 bits per heavy atom. The summed E-state index contributed by atoms with van der Waals surface area (Å²) in [4.78, 5) is 11.4. The number of benzene rings is 4. The van der Waals surface area contributed by atoms with E-state index in [2.05, 4.69) is 167 Å². The van der Waals surface area contributed by atoms with Crippen LogP contribution >= 0.6 is 11.3 Å². The van der Waals surface area contributed by atoms with Gasteiger partial charge in [0.25, 0.3) is 0 Å². The summed E-state index contributed by atoms with van der Waals surface area (Å²) in [6, 6.07) is 39.5. The standard InChI is InChI=1S/C48H48N2OS.Pt/c1-29-21-40(32-16-14-17-35(25-32)46(3,4)5)49-42(22-29)51-43-28-34-27-41(37-20-19-36(23-30(37)2)47(6,7)8)52-45(34)44(50-43)33-24-31-15-12-13-18-38(31)39(26-33)48(9,10)11;/h12-15,17-23,25-28H,1-11H3;/q-2;+2. The molecule has 0 amide bonds. The number of thiophene rings is 1. The van der Waals surface area contributed by atoms with E-state index in [9.17, 15) is 0 Å². The zero-order valence-electron chi connectivity index (χ0n) is 32.7. The van der Waals surface area contributed by atoms with E-state index >= 15 is 0 Å². The summed E-state index contributed by atoms with van der Waals surface area (Å²) < 4.78 is 7.73. The minimum absolute atomic E-state index is 0. The first kappa shape index (κ1) is 38.6. The van der Waals surface area contributed by atoms with Crippen molar-refractivity contribution in [1.82, 2.24) is 9.97 Å². The molecule has 0 unspecified atom stereocenters. The Bertz CT molecular complexity index is 2470. The van der Waals surface area contributed by atoms with Gasteiger partial charge < -0.3 is 4.74 Å². The van der Waals surface area contributed by atoms with Gasteiger partial charge in [0.15, 0.2) is 0 Å². The average molecular weight is 896 g/mol. The molecule has 0 aliphatic rings. The molecule has 0 fully saturated rings. The number of aryl methyl sites for hydroxylation is 2. The average Bonchev–Trinajstić information content (AvgIpc) is 3.50. The minimum atomic E-state index is -0.0770. The molecule has 0 saturated carbocycles. The van der Waals surface area contributed by atoms with Gasteiger partial charge in [-0.3, -0.25) is 9.97 Å². The minimum Gasteiger partial charge on any atom is -0.422 e. The van der Waals surface area contributed by atoms with Crippen LogP contribution in [0.4, 0.5) is 0 Å². The summed E-state index contributed by atoms with van der Waals surface area (Å²) in [5.74, 6) is 1.01. The van der Waals surface area contributed by atoms with Gasteiger partial charge in [-0.15, -0.1) is 75.9 Å². The number of ether oxygens (including phenoxy) is 1. The Labute approximate surface area is 334 Å². The van der Waals surface area contributed by atoms with Gasteiger partial charge >= 0.3 is 21.1 Å². The quantitative estimate of drug-likeness (QED) is 0.162. The molecule has 0 bridgehead atoms. The molecule has 0 aliphatic carbocycles. The molecule has 3 nitrogen and oxygen atoms in total. The molecular formula is C48H48N2OPtS. The molecule has 0 N–H and O–H groups in total. The molecule has 5 heteroatoms. The normalized spacial score (nSPS) is 12.3. The van der Waals surface area contributed by atoms with E-state index in [4.69, 9.17) is 14.7 Å². The molecule has 0 spiro atoms. The summed E-state index contributed by atoms with van der Waals surface area (Å²) >= 11 is 1.78. The van der Waals surface area contributed by atoms with Crippen LogP contribution in [0.25, 0.3) is 53.8 Å². The largest absolute Gasteiger partial charge is 2.00 e. The topological polar surface area (TPSA) is 35.0 Å². The van der Waals surface area contributed by atoms with Gasteiger partial charge in [0.05, 0.1) is 0 Å². The monoisotopic (exact) mass is 895 g/mol. The van der Waals surface area contributed by atoms with Crippen LogP contribution in [0.1, 0.15) is 90.1 Å². The molecule has 0 atom stereocenters. The van der Waals surface area contributed by atoms with Gasteiger partial charge in [-0.1, -0.05) is 121 Å². The van der Waals surface area contributed by atoms with Gasteiger partial charge in [0, 0.05) is 27.4 Å². The van der Waals surface area contributed by atoms with Gasteiger partial charge in [-0.2, -0.15) is 0 Å². The van der Waals surface area contributed by atoms with Gasteiger partial charge in [-0.25, -0.2) is 0 Å². The van der Waals surface area contributed by atoms with Crippen molar-refractivity contribution >= 4 is 32.2 Å². The number of rotatable bonds is 5. The Morgan fingerprint density at radius 1 is 0.660 bits per heavy atom. The molecular weight excluding hydrogens is 848 g/mol. The van der Waals surface area contributed by atoms with Gasteiger partial charge in [-0.05, 0) is 63.9 Å². The van der Waals surface area contributed by atoms with E-state index in [0.29, 0.717) is 11.8 Å². The van der Waals surface area contributed by atoms with Crippen molar-refractivity contribution in [1.29, 1.82) is 0 Å². The van der Waals surface area contributed by atoms with Crippen molar-refractivity contribution in [3.63, 3.8) is 0 Å². The number of fused-ring (bicyclic) bond motifs is 2. The Kier molecular flexibility index (Phi) is 10.4. The van der Waals surface area contributed by atoms with Crippen LogP contribution < -0.4 is 4.74 Å². The predicted octanol–water partition coefficient (Wildman–Crippen LogP) is 13.7. The van der Waals surface area contributed by atoms with Crippen LogP contribution in [-0.2, 0) is 37.3 Å². The van der Waals surface area contributed by atoms with E-state index in [1.807, 2.05) is 12.1 Å². The Balaban J connectivity index is 0.00000481. The number of aromatic nitrogens is 2. The van der Waals surface area contributed by atoms with Gasteiger partial charge in [0.1, 0.15) is 0 Å². The third-order valence-corrected chi connectivity index (χ3v) is 11.0. The first-order chi connectivity index (χ1) is 24.4. The molecule has 3 heterocycles. The van der Waals surface area contributed by atoms with Crippen molar-refractivity contribution in [3.8, 4) is 44.7 Å². The van der Waals surface area contributed by atoms with Crippen molar-refractivity contribution < 1.29 is 25.8 Å². The molecule has 272 valence electrons. The fraction of sp³-hybridized carbons (Fsp3) is 0.292. The maximum Gasteiger partial charge on any atom is 2.00 e. The maximum absolute atomic E-state index is 6.62. The fourth-order valence-corrected chi connectivity index (χ4v) is 8.02. The SMILES string of the molecule is Cc1cc(Oc2cc3cc(-c4ccc(C(C)(C)C)cc4C)sc3c(-c3[c-]c4ccccc4c(C(C)(C)C)c3)n2)nc(-c2[c-]ccc(C(C)(C)C)c2)c1.[Pt+2]. The van der Waals surface area contributed by atoms with E-state index in [1.54, 1.807) is 11.3 Å². The number of nitrogens with zero attached hydrogens (tertiary/aromatic N) is 2. The second-order valence-electron chi connectivity index (χ2n) is 17.2. The van der Waals surface area contributed by atoms with Crippen LogP contribution in [0.2, 0.25) is 0 Å². The van der Waals surface area contributed by atoms with Crippen LogP contribution in [0.3, 0.4) is 0 Å². The predicted molar refractivity (Wildman–Crippen MR) is 221 cm³/mol. The summed E-state index contributed by atoms with van der Waals surface area (Å²) in [7, 11) is 0. The van der Waals surface area contributed by atoms with E-state index in [-0.39, 0.29) is 37.3 Å². The Morgan fingerprint density at radius 2 is 1.36 bits per heavy atom. The summed E-state index contributed by atoms with van der Waals surface area (Å²) in [6.45, 7) is 24.5. The first-order valence-corrected chi connectivity index (χ1v) is 19.0. The third-order valence-electron chi connectivity index (χ3n) is 9.77. The molecule has 0 saturated heterocycles. The van der Waals surface area contributed by atoms with E-state index in [0.717, 1.165) is 43.6 Å². The Hall–Kier alpha value is -4.11. The van der Waals surface area contributed by atoms with Crippen molar-refractivity contribution in [2.45, 2.75) is 92.4 Å². The molecule has 7 rings (SSSR count). The first-order valence-electron chi connectivity index (χ1n) is 18.2. The van der Waals surface area contributed by atoms with Crippen molar-refractivity contribution in [2.24, 2.45) is 0 Å². The number of hydrogen-bond donors (Lipinski definition) is 0. The van der Waals surface area contributed by atoms with E-state index < -0.39 is 0 Å². The third kappa shape index (κ3) is 8.05. The maximum atomic E-state index is 6.62. The molecule has 3 aromatic heterocycles. The second-order valence-corrected chi connectivity index (χ2v) is 18.3. The molecule has 7 aromatic rings. The van der Waals surface area contributed by atoms with Crippen LogP contribution in [0.5, 0.6) is 11.8 Å². The summed E-state index contributed by atoms with van der Waals surface area (Å²) in [5.41, 5.74) is 11.0. The van der Waals surface area contributed by atoms with Crippen molar-refractivity contribution in [3.05, 3.63) is 131 Å². The zero-order chi connectivity index (χ0) is 37.2. The molecule has 0 radical (unpaired) electrons. The zero-order valence-corrected chi connectivity index (χ0v) is 35.8. The fourth-order valence-electron chi connectivity index (χ4n) is 6.79. The summed E-state index contributed by atoms with van der Waals surface area (Å²) in [5, 5.41) is 3.38. The summed E-state index contributed by atoms with van der Waals surface area (Å²) in [6.07, 6.45) is 0. The molecule has 0 aliphatic heterocycles. The number of pyridine rings is 2. The number of hydrogen-bond acceptors (Lipinski definition) is 4. The smallest absolute Gasteiger partial charge is 0.422 e. The van der Waals surface area contributed by atoms with Crippen LogP contribution in [0, 0.1) is 26.0 Å². The van der Waals surface area contributed by atoms with E-state index in [1.165, 1.54) is 38.1 Å². The van der Waals surface area contributed by atoms with Crippen LogP contribution in [0.15, 0.2) is 91.0 Å². The van der Waals surface area contributed by atoms with Crippen LogP contribution in [-0.4, -0.2) is 9.97 Å². The van der Waals surface area contributed by atoms with Crippen molar-refractivity contribution in [2.75, 3.05) is 0 Å². The molecule has 53 heavy (non-hydrogen) atoms. The molecule has 4 aromatic carbocycles.